The summed E-state index contributed by atoms with van der Waals surface area (Å²) in [4.78, 5) is 27.3. The molecule has 0 radical (unpaired) electrons. The van der Waals surface area contributed by atoms with Crippen molar-refractivity contribution in [1.29, 1.82) is 0 Å². The van der Waals surface area contributed by atoms with Gasteiger partial charge in [0.05, 0.1) is 0 Å². The Balaban J connectivity index is 2.08. The molecule has 1 aliphatic carbocycles. The van der Waals surface area contributed by atoms with Crippen molar-refractivity contribution < 1.29 is 14.7 Å². The van der Waals surface area contributed by atoms with Crippen molar-refractivity contribution in [3.05, 3.63) is 0 Å². The Kier molecular flexibility index (Phi) is 4.96. The molecule has 1 saturated carbocycles. The summed E-state index contributed by atoms with van der Waals surface area (Å²) in [5.74, 6) is 0.448. The Morgan fingerprint density at radius 1 is 1.37 bits per heavy atom. The molecule has 2 rings (SSSR count). The minimum atomic E-state index is -0.886. The lowest BCUT2D eigenvalue weighted by molar-refractivity contribution is -0.141. The number of thioether (sulfide) groups is 1. The van der Waals surface area contributed by atoms with E-state index in [0.717, 1.165) is 18.6 Å². The quantitative estimate of drug-likeness (QED) is 0.860. The predicted molar refractivity (Wildman–Crippen MR) is 75.5 cm³/mol. The van der Waals surface area contributed by atoms with E-state index in [2.05, 4.69) is 0 Å². The van der Waals surface area contributed by atoms with Gasteiger partial charge in [-0.25, -0.2) is 9.59 Å². The van der Waals surface area contributed by atoms with Crippen LogP contribution in [0.25, 0.3) is 0 Å². The molecule has 1 N–H and O–H groups in total. The van der Waals surface area contributed by atoms with Gasteiger partial charge in [0.1, 0.15) is 6.04 Å². The molecule has 1 heterocycles. The van der Waals surface area contributed by atoms with E-state index in [9.17, 15) is 14.7 Å². The first kappa shape index (κ1) is 14.5. The Morgan fingerprint density at radius 2 is 2.05 bits per heavy atom. The van der Waals surface area contributed by atoms with Gasteiger partial charge < -0.3 is 14.9 Å². The fourth-order valence-corrected chi connectivity index (χ4v) is 4.01. The molecule has 5 nitrogen and oxygen atoms in total. The number of carbonyl (C=O) groups is 2. The van der Waals surface area contributed by atoms with Crippen LogP contribution < -0.4 is 0 Å². The van der Waals surface area contributed by atoms with E-state index in [-0.39, 0.29) is 6.03 Å². The second kappa shape index (κ2) is 6.50. The maximum atomic E-state index is 12.6. The average Bonchev–Trinajstić information content (AvgIpc) is 2.93. The number of amides is 2. The van der Waals surface area contributed by atoms with Crippen molar-refractivity contribution in [2.45, 2.75) is 44.7 Å². The number of rotatable bonds is 3. The van der Waals surface area contributed by atoms with E-state index >= 15 is 0 Å². The Morgan fingerprint density at radius 3 is 2.63 bits per heavy atom. The van der Waals surface area contributed by atoms with E-state index in [1.165, 1.54) is 12.8 Å². The number of urea groups is 1. The first-order chi connectivity index (χ1) is 9.15. The highest BCUT2D eigenvalue weighted by molar-refractivity contribution is 7.99. The van der Waals surface area contributed by atoms with Crippen molar-refractivity contribution in [1.82, 2.24) is 9.80 Å². The Labute approximate surface area is 118 Å². The minimum absolute atomic E-state index is 0.0814. The fourth-order valence-electron chi connectivity index (χ4n) is 2.97. The summed E-state index contributed by atoms with van der Waals surface area (Å²) in [7, 11) is 0. The lowest BCUT2D eigenvalue weighted by atomic mass is 10.2. The molecule has 1 saturated heterocycles. The molecule has 19 heavy (non-hydrogen) atoms. The van der Waals surface area contributed by atoms with Crippen LogP contribution in [0.1, 0.15) is 32.6 Å². The maximum absolute atomic E-state index is 12.6. The summed E-state index contributed by atoms with van der Waals surface area (Å²) in [6.07, 6.45) is 4.46. The monoisotopic (exact) mass is 286 g/mol. The van der Waals surface area contributed by atoms with E-state index in [1.807, 2.05) is 11.8 Å². The highest BCUT2D eigenvalue weighted by Gasteiger charge is 2.36. The van der Waals surface area contributed by atoms with Gasteiger partial charge in [-0.15, -0.1) is 0 Å². The number of nitrogens with zero attached hydrogens (tertiary/aromatic N) is 2. The van der Waals surface area contributed by atoms with E-state index in [4.69, 9.17) is 0 Å². The number of carboxylic acids is 1. The maximum Gasteiger partial charge on any atom is 0.327 e. The molecule has 2 fully saturated rings. The third-order valence-electron chi connectivity index (χ3n) is 4.01. The first-order valence-electron chi connectivity index (χ1n) is 7.03. The molecule has 1 atom stereocenters. The van der Waals surface area contributed by atoms with Crippen LogP contribution in [0.4, 0.5) is 4.79 Å². The van der Waals surface area contributed by atoms with Gasteiger partial charge in [-0.05, 0) is 19.8 Å². The van der Waals surface area contributed by atoms with Gasteiger partial charge in [0, 0.05) is 30.6 Å². The number of hydrogen-bond acceptors (Lipinski definition) is 3. The second-order valence-electron chi connectivity index (χ2n) is 5.13. The summed E-state index contributed by atoms with van der Waals surface area (Å²) < 4.78 is 0. The highest BCUT2D eigenvalue weighted by Crippen LogP contribution is 2.26. The van der Waals surface area contributed by atoms with E-state index < -0.39 is 12.0 Å². The highest BCUT2D eigenvalue weighted by atomic mass is 32.2. The molecule has 1 aliphatic heterocycles. The zero-order valence-corrected chi connectivity index (χ0v) is 12.2. The zero-order valence-electron chi connectivity index (χ0n) is 11.4. The van der Waals surface area contributed by atoms with Crippen LogP contribution >= 0.6 is 11.8 Å². The summed E-state index contributed by atoms with van der Waals surface area (Å²) >= 11 is 1.61. The molecule has 6 heteroatoms. The second-order valence-corrected chi connectivity index (χ2v) is 6.28. The van der Waals surface area contributed by atoms with Crippen molar-refractivity contribution in [3.8, 4) is 0 Å². The van der Waals surface area contributed by atoms with Crippen LogP contribution in [0.5, 0.6) is 0 Å². The van der Waals surface area contributed by atoms with Crippen LogP contribution in [0, 0.1) is 0 Å². The molecule has 0 aromatic heterocycles. The van der Waals surface area contributed by atoms with Crippen molar-refractivity contribution >= 4 is 23.8 Å². The molecular formula is C13H22N2O3S. The SMILES string of the molecule is CCN(C(=O)N1CCSCC1C(=O)O)C1CCCC1. The minimum Gasteiger partial charge on any atom is -0.480 e. The van der Waals surface area contributed by atoms with Crippen molar-refractivity contribution in [3.63, 3.8) is 0 Å². The lowest BCUT2D eigenvalue weighted by Crippen LogP contribution is -2.56. The molecule has 2 aliphatic rings. The summed E-state index contributed by atoms with van der Waals surface area (Å²) in [5, 5.41) is 9.25. The molecule has 0 aromatic rings. The molecule has 2 amide bonds. The number of carboxylic acid groups (broad SMARTS) is 1. The van der Waals surface area contributed by atoms with Gasteiger partial charge in [0.25, 0.3) is 0 Å². The van der Waals surface area contributed by atoms with Gasteiger partial charge in [0.15, 0.2) is 0 Å². The third-order valence-corrected chi connectivity index (χ3v) is 5.03. The summed E-state index contributed by atoms with van der Waals surface area (Å²) in [6.45, 7) is 3.19. The largest absolute Gasteiger partial charge is 0.480 e. The standard InChI is InChI=1S/C13H22N2O3S/c1-2-14(10-5-3-4-6-10)13(18)15-7-8-19-9-11(15)12(16)17/h10-11H,2-9H2,1H3,(H,16,17). The molecule has 1 unspecified atom stereocenters. The van der Waals surface area contributed by atoms with E-state index in [0.29, 0.717) is 24.9 Å². The van der Waals surface area contributed by atoms with Crippen molar-refractivity contribution in [2.75, 3.05) is 24.6 Å². The van der Waals surface area contributed by atoms with Gasteiger partial charge >= 0.3 is 12.0 Å². The van der Waals surface area contributed by atoms with Crippen LogP contribution in [-0.2, 0) is 4.79 Å². The fraction of sp³-hybridized carbons (Fsp3) is 0.846. The number of aliphatic carboxylic acids is 1. The lowest BCUT2D eigenvalue weighted by Gasteiger charge is -2.38. The smallest absolute Gasteiger partial charge is 0.327 e. The van der Waals surface area contributed by atoms with Crippen LogP contribution in [0.3, 0.4) is 0 Å². The van der Waals surface area contributed by atoms with Crippen LogP contribution in [0.15, 0.2) is 0 Å². The molecule has 0 bridgehead atoms. The predicted octanol–water partition coefficient (Wildman–Crippen LogP) is 1.87. The summed E-state index contributed by atoms with van der Waals surface area (Å²) in [5.41, 5.74) is 0. The van der Waals surface area contributed by atoms with Gasteiger partial charge in [0.2, 0.25) is 0 Å². The zero-order chi connectivity index (χ0) is 13.8. The van der Waals surface area contributed by atoms with Gasteiger partial charge in [-0.1, -0.05) is 12.8 Å². The van der Waals surface area contributed by atoms with Crippen LogP contribution in [-0.4, -0.2) is 63.6 Å². The molecule has 0 aromatic carbocycles. The molecule has 0 spiro atoms. The Hall–Kier alpha value is -0.910. The third kappa shape index (κ3) is 3.16. The van der Waals surface area contributed by atoms with Crippen LogP contribution in [0.2, 0.25) is 0 Å². The van der Waals surface area contributed by atoms with Gasteiger partial charge in [-0.3, -0.25) is 0 Å². The number of carbonyl (C=O) groups excluding carboxylic acids is 1. The summed E-state index contributed by atoms with van der Waals surface area (Å²) in [6, 6.07) is -0.440. The first-order valence-corrected chi connectivity index (χ1v) is 8.18. The normalized spacial score (nSPS) is 24.5. The van der Waals surface area contributed by atoms with E-state index in [1.54, 1.807) is 16.7 Å². The number of hydrogen-bond donors (Lipinski definition) is 1. The van der Waals surface area contributed by atoms with Gasteiger partial charge in [-0.2, -0.15) is 11.8 Å². The van der Waals surface area contributed by atoms with Crippen molar-refractivity contribution in [2.24, 2.45) is 0 Å². The Bertz CT molecular complexity index is 345. The molecular weight excluding hydrogens is 264 g/mol. The average molecular weight is 286 g/mol. The topological polar surface area (TPSA) is 60.9 Å². The molecule has 108 valence electrons.